The molecule has 1 aromatic heterocycles. The van der Waals surface area contributed by atoms with E-state index in [2.05, 4.69) is 28.2 Å². The number of aromatic nitrogens is 2. The van der Waals surface area contributed by atoms with Crippen LogP contribution in [0.5, 0.6) is 0 Å². The van der Waals surface area contributed by atoms with Crippen molar-refractivity contribution >= 4 is 5.91 Å². The van der Waals surface area contributed by atoms with Gasteiger partial charge in [-0.3, -0.25) is 9.48 Å². The van der Waals surface area contributed by atoms with Gasteiger partial charge in [-0.2, -0.15) is 5.10 Å². The number of nitrogens with one attached hydrogen (secondary N) is 1. The number of rotatable bonds is 4. The first kappa shape index (κ1) is 15.5. The quantitative estimate of drug-likeness (QED) is 0.930. The van der Waals surface area contributed by atoms with Gasteiger partial charge in [0.25, 0.3) is 0 Å². The van der Waals surface area contributed by atoms with Crippen molar-refractivity contribution in [2.45, 2.75) is 70.5 Å². The van der Waals surface area contributed by atoms with Crippen molar-refractivity contribution in [3.8, 4) is 0 Å². The molecule has 5 heteroatoms. The zero-order chi connectivity index (χ0) is 15.5. The lowest BCUT2D eigenvalue weighted by molar-refractivity contribution is -0.129. The van der Waals surface area contributed by atoms with Gasteiger partial charge < -0.3 is 10.2 Å². The number of amides is 1. The van der Waals surface area contributed by atoms with Gasteiger partial charge in [0.1, 0.15) is 0 Å². The van der Waals surface area contributed by atoms with Crippen molar-refractivity contribution in [2.75, 3.05) is 13.1 Å². The Morgan fingerprint density at radius 3 is 2.59 bits per heavy atom. The largest absolute Gasteiger partial charge is 0.343 e. The molecule has 1 aromatic rings. The third-order valence-corrected chi connectivity index (χ3v) is 5.25. The lowest BCUT2D eigenvalue weighted by atomic mass is 10.0. The van der Waals surface area contributed by atoms with Crippen molar-refractivity contribution in [3.63, 3.8) is 0 Å². The summed E-state index contributed by atoms with van der Waals surface area (Å²) in [4.78, 5) is 13.3. The van der Waals surface area contributed by atoms with Crippen molar-refractivity contribution in [3.05, 3.63) is 18.0 Å². The molecule has 2 heterocycles. The Balaban J connectivity index is 1.52. The van der Waals surface area contributed by atoms with E-state index in [0.717, 1.165) is 25.9 Å². The molecule has 122 valence electrons. The molecular weight excluding hydrogens is 276 g/mol. The van der Waals surface area contributed by atoms with Crippen LogP contribution in [0.1, 0.15) is 70.0 Å². The first-order valence-corrected chi connectivity index (χ1v) is 8.69. The third kappa shape index (κ3) is 3.51. The molecule has 0 aromatic carbocycles. The number of hydrogen-bond donors (Lipinski definition) is 1. The molecule has 5 nitrogen and oxygen atoms in total. The van der Waals surface area contributed by atoms with Gasteiger partial charge >= 0.3 is 0 Å². The minimum atomic E-state index is 0.198. The highest BCUT2D eigenvalue weighted by molar-refractivity contribution is 5.73. The molecule has 2 fully saturated rings. The van der Waals surface area contributed by atoms with Crippen LogP contribution in [0.25, 0.3) is 0 Å². The van der Waals surface area contributed by atoms with Crippen LogP contribution < -0.4 is 5.32 Å². The van der Waals surface area contributed by atoms with Crippen LogP contribution in [0.4, 0.5) is 0 Å². The Hall–Kier alpha value is -1.36. The predicted octanol–water partition coefficient (Wildman–Crippen LogP) is 2.66. The summed E-state index contributed by atoms with van der Waals surface area (Å²) in [6, 6.07) is 1.43. The number of carbonyl (C=O) groups is 1. The Labute approximate surface area is 133 Å². The zero-order valence-electron chi connectivity index (χ0n) is 13.8. The lowest BCUT2D eigenvalue weighted by Gasteiger charge is -2.33. The van der Waals surface area contributed by atoms with Crippen LogP contribution in [0.15, 0.2) is 12.4 Å². The average molecular weight is 304 g/mol. The van der Waals surface area contributed by atoms with E-state index in [1.807, 2.05) is 11.1 Å². The second-order valence-electron chi connectivity index (χ2n) is 6.86. The lowest BCUT2D eigenvalue weighted by Crippen LogP contribution is -2.44. The van der Waals surface area contributed by atoms with Crippen LogP contribution in [-0.2, 0) is 4.79 Å². The van der Waals surface area contributed by atoms with Gasteiger partial charge in [0.2, 0.25) is 5.91 Å². The van der Waals surface area contributed by atoms with Crippen LogP contribution in [-0.4, -0.2) is 39.7 Å². The second kappa shape index (κ2) is 6.82. The minimum absolute atomic E-state index is 0.198. The van der Waals surface area contributed by atoms with E-state index < -0.39 is 0 Å². The summed E-state index contributed by atoms with van der Waals surface area (Å²) in [5.74, 6) is 0.198. The van der Waals surface area contributed by atoms with Crippen LogP contribution in [0.2, 0.25) is 0 Å². The van der Waals surface area contributed by atoms with E-state index in [1.165, 1.54) is 31.2 Å². The molecule has 1 amide bonds. The Bertz CT molecular complexity index is 499. The SMILES string of the molecule is CC(=O)N1CCC(NC(C)c2cnn(C3CCCC3)c2)CC1. The molecule has 1 aliphatic carbocycles. The highest BCUT2D eigenvalue weighted by Gasteiger charge is 2.23. The molecule has 1 saturated carbocycles. The van der Waals surface area contributed by atoms with E-state index in [-0.39, 0.29) is 5.91 Å². The van der Waals surface area contributed by atoms with Crippen molar-refractivity contribution < 1.29 is 4.79 Å². The third-order valence-electron chi connectivity index (χ3n) is 5.25. The maximum Gasteiger partial charge on any atom is 0.219 e. The molecule has 0 bridgehead atoms. The Kier molecular flexibility index (Phi) is 4.81. The minimum Gasteiger partial charge on any atom is -0.343 e. The first-order chi connectivity index (χ1) is 10.6. The van der Waals surface area contributed by atoms with Crippen LogP contribution >= 0.6 is 0 Å². The Morgan fingerprint density at radius 2 is 1.95 bits per heavy atom. The van der Waals surface area contributed by atoms with E-state index in [1.54, 1.807) is 6.92 Å². The summed E-state index contributed by atoms with van der Waals surface area (Å²) >= 11 is 0. The summed E-state index contributed by atoms with van der Waals surface area (Å²) in [5.41, 5.74) is 1.28. The molecule has 3 rings (SSSR count). The summed E-state index contributed by atoms with van der Waals surface area (Å²) in [7, 11) is 0. The van der Waals surface area contributed by atoms with Crippen LogP contribution in [0.3, 0.4) is 0 Å². The summed E-state index contributed by atoms with van der Waals surface area (Å²) in [6.07, 6.45) is 11.5. The molecule has 1 unspecified atom stereocenters. The molecule has 2 aliphatic rings. The molecule has 1 atom stereocenters. The monoisotopic (exact) mass is 304 g/mol. The molecule has 22 heavy (non-hydrogen) atoms. The van der Waals surface area contributed by atoms with Gasteiger partial charge in [0, 0.05) is 43.9 Å². The fourth-order valence-corrected chi connectivity index (χ4v) is 3.76. The van der Waals surface area contributed by atoms with Crippen molar-refractivity contribution in [2.24, 2.45) is 0 Å². The average Bonchev–Trinajstić information content (AvgIpc) is 3.19. The van der Waals surface area contributed by atoms with Crippen molar-refractivity contribution in [1.82, 2.24) is 20.0 Å². The number of hydrogen-bond acceptors (Lipinski definition) is 3. The highest BCUT2D eigenvalue weighted by Crippen LogP contribution is 2.29. The van der Waals surface area contributed by atoms with E-state index in [4.69, 9.17) is 0 Å². The van der Waals surface area contributed by atoms with Gasteiger partial charge in [0.15, 0.2) is 0 Å². The maximum atomic E-state index is 11.4. The topological polar surface area (TPSA) is 50.2 Å². The van der Waals surface area contributed by atoms with Gasteiger partial charge in [-0.25, -0.2) is 0 Å². The number of likely N-dealkylation sites (tertiary alicyclic amines) is 1. The molecule has 1 saturated heterocycles. The summed E-state index contributed by atoms with van der Waals surface area (Å²) in [5, 5.41) is 8.28. The fraction of sp³-hybridized carbons (Fsp3) is 0.765. The van der Waals surface area contributed by atoms with Crippen molar-refractivity contribution in [1.29, 1.82) is 0 Å². The van der Waals surface area contributed by atoms with Gasteiger partial charge in [0.05, 0.1) is 12.2 Å². The zero-order valence-corrected chi connectivity index (χ0v) is 13.8. The number of piperidine rings is 1. The standard InChI is InChI=1S/C17H28N4O/c1-13(19-16-7-9-20(10-8-16)14(2)22)15-11-18-21(12-15)17-5-3-4-6-17/h11-13,16-17,19H,3-10H2,1-2H3. The maximum absolute atomic E-state index is 11.4. The van der Waals surface area contributed by atoms with E-state index in [9.17, 15) is 4.79 Å². The number of nitrogens with zero attached hydrogens (tertiary/aromatic N) is 3. The smallest absolute Gasteiger partial charge is 0.219 e. The van der Waals surface area contributed by atoms with Gasteiger partial charge in [-0.1, -0.05) is 12.8 Å². The normalized spacial score (nSPS) is 22.2. The van der Waals surface area contributed by atoms with E-state index in [0.29, 0.717) is 18.1 Å². The molecule has 0 spiro atoms. The Morgan fingerprint density at radius 1 is 1.27 bits per heavy atom. The fourth-order valence-electron chi connectivity index (χ4n) is 3.76. The molecule has 1 aliphatic heterocycles. The summed E-state index contributed by atoms with van der Waals surface area (Å²) in [6.45, 7) is 5.63. The van der Waals surface area contributed by atoms with Gasteiger partial charge in [-0.05, 0) is 32.6 Å². The second-order valence-corrected chi connectivity index (χ2v) is 6.86. The predicted molar refractivity (Wildman–Crippen MR) is 86.6 cm³/mol. The molecular formula is C17H28N4O. The molecule has 1 N–H and O–H groups in total. The van der Waals surface area contributed by atoms with E-state index >= 15 is 0 Å². The number of carbonyl (C=O) groups excluding carboxylic acids is 1. The highest BCUT2D eigenvalue weighted by atomic mass is 16.2. The van der Waals surface area contributed by atoms with Gasteiger partial charge in [-0.15, -0.1) is 0 Å². The first-order valence-electron chi connectivity index (χ1n) is 8.69. The summed E-state index contributed by atoms with van der Waals surface area (Å²) < 4.78 is 2.17. The van der Waals surface area contributed by atoms with Crippen LogP contribution in [0, 0.1) is 0 Å². The molecule has 0 radical (unpaired) electrons.